The van der Waals surface area contributed by atoms with Crippen molar-refractivity contribution in [1.82, 2.24) is 9.80 Å². The number of esters is 1. The van der Waals surface area contributed by atoms with Gasteiger partial charge in [-0.2, -0.15) is 13.2 Å². The molecular weight excluding hydrogens is 556 g/mol. The first-order valence-corrected chi connectivity index (χ1v) is 13.8. The number of benzene rings is 1. The van der Waals surface area contributed by atoms with Crippen LogP contribution in [0.4, 0.5) is 17.6 Å². The summed E-state index contributed by atoms with van der Waals surface area (Å²) in [5.74, 6) is -3.09. The lowest BCUT2D eigenvalue weighted by atomic mass is 9.97. The summed E-state index contributed by atoms with van der Waals surface area (Å²) in [7, 11) is 0. The van der Waals surface area contributed by atoms with E-state index >= 15 is 4.39 Å². The molecule has 1 N–H and O–H groups in total. The lowest BCUT2D eigenvalue weighted by Gasteiger charge is -2.37. The normalized spacial score (nSPS) is 26.3. The standard InChI is InChI=1S/C31H36F4N2O5/c1-29(2,3)42-26(38)23-11-7-8-21(12-13-23)19-41-28(40)36-16-14-30(32,15-17-36)20-37(27(39)31(33,34)35)25-18-24(25)22-9-5-4-6-10-22/h4-14,16,21,24-25,28,40H,15,17-20H2,1-3H3. The number of carbonyl (C=O) groups excluding carboxylic acids is 2. The Kier molecular flexibility index (Phi) is 9.32. The second-order valence-electron chi connectivity index (χ2n) is 11.8. The maximum Gasteiger partial charge on any atom is 0.471 e. The van der Waals surface area contributed by atoms with E-state index in [0.29, 0.717) is 16.9 Å². The predicted octanol–water partition coefficient (Wildman–Crippen LogP) is 5.16. The summed E-state index contributed by atoms with van der Waals surface area (Å²) in [6, 6.07) is 8.14. The fourth-order valence-corrected chi connectivity index (χ4v) is 4.91. The molecule has 2 aliphatic carbocycles. The Bertz CT molecular complexity index is 1250. The van der Waals surface area contributed by atoms with E-state index in [2.05, 4.69) is 0 Å². The highest BCUT2D eigenvalue weighted by molar-refractivity contribution is 5.92. The Morgan fingerprint density at radius 1 is 1.17 bits per heavy atom. The zero-order valence-electron chi connectivity index (χ0n) is 23.8. The molecule has 1 saturated carbocycles. The van der Waals surface area contributed by atoms with Crippen molar-refractivity contribution in [1.29, 1.82) is 0 Å². The summed E-state index contributed by atoms with van der Waals surface area (Å²) in [4.78, 5) is 26.5. The summed E-state index contributed by atoms with van der Waals surface area (Å²) in [6.45, 7) is 4.57. The smallest absolute Gasteiger partial charge is 0.456 e. The highest BCUT2D eigenvalue weighted by atomic mass is 19.4. The molecule has 1 amide bonds. The summed E-state index contributed by atoms with van der Waals surface area (Å²) < 4.78 is 67.0. The van der Waals surface area contributed by atoms with Crippen molar-refractivity contribution >= 4 is 11.9 Å². The molecule has 1 aromatic carbocycles. The molecular formula is C31H36F4N2O5. The Balaban J connectivity index is 1.33. The second kappa shape index (κ2) is 12.4. The minimum atomic E-state index is -5.13. The Hall–Kier alpha value is -3.44. The molecule has 0 aromatic heterocycles. The molecule has 42 heavy (non-hydrogen) atoms. The van der Waals surface area contributed by atoms with Gasteiger partial charge in [-0.3, -0.25) is 4.79 Å². The van der Waals surface area contributed by atoms with Crippen molar-refractivity contribution < 1.29 is 41.7 Å². The van der Waals surface area contributed by atoms with Crippen LogP contribution in [-0.2, 0) is 19.1 Å². The molecule has 5 atom stereocenters. The Morgan fingerprint density at radius 2 is 1.88 bits per heavy atom. The lowest BCUT2D eigenvalue weighted by Crippen LogP contribution is -2.51. The summed E-state index contributed by atoms with van der Waals surface area (Å²) in [6.07, 6.45) is 4.26. The van der Waals surface area contributed by atoms with Gasteiger partial charge in [-0.25, -0.2) is 9.18 Å². The van der Waals surface area contributed by atoms with Gasteiger partial charge in [0.25, 0.3) is 0 Å². The molecule has 1 heterocycles. The molecule has 0 saturated heterocycles. The maximum atomic E-state index is 15.8. The summed E-state index contributed by atoms with van der Waals surface area (Å²) in [5.41, 5.74) is -1.68. The van der Waals surface area contributed by atoms with Crippen LogP contribution in [0, 0.1) is 5.92 Å². The molecule has 0 spiro atoms. The number of carbonyl (C=O) groups is 2. The molecule has 1 aromatic rings. The molecule has 228 valence electrons. The SMILES string of the molecule is CC(C)(C)OC(=O)C1=CC=CC(COC(O)N2C=CC(F)(CN(C(=O)C(F)(F)F)C3CC3c3ccccc3)CC2)C=C1. The largest absolute Gasteiger partial charge is 0.471 e. The van der Waals surface area contributed by atoms with E-state index in [-0.39, 0.29) is 31.4 Å². The van der Waals surface area contributed by atoms with Crippen LogP contribution in [-0.4, -0.2) is 76.4 Å². The van der Waals surface area contributed by atoms with Crippen molar-refractivity contribution in [3.8, 4) is 0 Å². The van der Waals surface area contributed by atoms with E-state index in [0.717, 1.165) is 11.6 Å². The molecule has 1 aliphatic heterocycles. The topological polar surface area (TPSA) is 79.3 Å². The summed E-state index contributed by atoms with van der Waals surface area (Å²) >= 11 is 0. The van der Waals surface area contributed by atoms with Crippen LogP contribution in [0.1, 0.15) is 45.1 Å². The highest BCUT2D eigenvalue weighted by Gasteiger charge is 2.54. The predicted molar refractivity (Wildman–Crippen MR) is 147 cm³/mol. The van der Waals surface area contributed by atoms with Crippen LogP contribution in [0.2, 0.25) is 0 Å². The number of amides is 1. The zero-order valence-corrected chi connectivity index (χ0v) is 23.8. The van der Waals surface area contributed by atoms with Gasteiger partial charge in [0.1, 0.15) is 11.3 Å². The zero-order chi connectivity index (χ0) is 30.7. The van der Waals surface area contributed by atoms with Crippen molar-refractivity contribution in [3.05, 3.63) is 84.1 Å². The van der Waals surface area contributed by atoms with E-state index in [1.54, 1.807) is 81.5 Å². The van der Waals surface area contributed by atoms with Crippen LogP contribution in [0.5, 0.6) is 0 Å². The van der Waals surface area contributed by atoms with Gasteiger partial charge in [0.15, 0.2) is 0 Å². The number of alkyl halides is 4. The average molecular weight is 593 g/mol. The van der Waals surface area contributed by atoms with Crippen LogP contribution < -0.4 is 0 Å². The molecule has 5 unspecified atom stereocenters. The first-order chi connectivity index (χ1) is 19.7. The highest BCUT2D eigenvalue weighted by Crippen LogP contribution is 2.46. The summed E-state index contributed by atoms with van der Waals surface area (Å²) in [5, 5.41) is 10.5. The van der Waals surface area contributed by atoms with Gasteiger partial charge in [0.05, 0.1) is 18.7 Å². The van der Waals surface area contributed by atoms with Gasteiger partial charge in [0, 0.05) is 37.0 Å². The van der Waals surface area contributed by atoms with E-state index in [1.807, 2.05) is 0 Å². The fourth-order valence-electron chi connectivity index (χ4n) is 4.91. The minimum absolute atomic E-state index is 0.0459. The number of hydrogen-bond acceptors (Lipinski definition) is 6. The third kappa shape index (κ3) is 8.32. The molecule has 1 fully saturated rings. The first-order valence-electron chi connectivity index (χ1n) is 13.8. The first kappa shape index (κ1) is 31.5. The molecule has 4 rings (SSSR count). The molecule has 0 bridgehead atoms. The van der Waals surface area contributed by atoms with Crippen LogP contribution in [0.25, 0.3) is 0 Å². The minimum Gasteiger partial charge on any atom is -0.456 e. The van der Waals surface area contributed by atoms with Gasteiger partial charge < -0.3 is 24.4 Å². The Labute approximate surface area is 242 Å². The third-order valence-corrected chi connectivity index (χ3v) is 7.18. The van der Waals surface area contributed by atoms with E-state index in [1.165, 1.54) is 11.1 Å². The number of allylic oxidation sites excluding steroid dienone is 2. The number of aliphatic hydroxyl groups excluding tert-OH is 1. The average Bonchev–Trinajstić information content (AvgIpc) is 3.74. The number of halogens is 4. The molecule has 7 nitrogen and oxygen atoms in total. The quantitative estimate of drug-likeness (QED) is 0.242. The van der Waals surface area contributed by atoms with Gasteiger partial charge in [-0.05, 0) is 44.9 Å². The monoisotopic (exact) mass is 592 g/mol. The van der Waals surface area contributed by atoms with E-state index in [4.69, 9.17) is 9.47 Å². The van der Waals surface area contributed by atoms with E-state index in [9.17, 15) is 27.9 Å². The molecule has 11 heteroatoms. The number of aliphatic hydroxyl groups is 1. The van der Waals surface area contributed by atoms with Crippen LogP contribution in [0.15, 0.2) is 78.6 Å². The van der Waals surface area contributed by atoms with Crippen molar-refractivity contribution in [2.24, 2.45) is 5.92 Å². The second-order valence-corrected chi connectivity index (χ2v) is 11.8. The van der Waals surface area contributed by atoms with Crippen LogP contribution >= 0.6 is 0 Å². The van der Waals surface area contributed by atoms with Gasteiger partial charge >= 0.3 is 18.1 Å². The van der Waals surface area contributed by atoms with Crippen molar-refractivity contribution in [2.75, 3.05) is 19.7 Å². The molecule has 0 radical (unpaired) electrons. The maximum absolute atomic E-state index is 15.8. The van der Waals surface area contributed by atoms with Crippen molar-refractivity contribution in [2.45, 2.75) is 69.4 Å². The molecule has 3 aliphatic rings. The lowest BCUT2D eigenvalue weighted by molar-refractivity contribution is -0.190. The number of ether oxygens (including phenoxy) is 2. The fraction of sp³-hybridized carbons (Fsp3) is 0.484. The Morgan fingerprint density at radius 3 is 2.50 bits per heavy atom. The number of nitrogens with zero attached hydrogens (tertiary/aromatic N) is 2. The van der Waals surface area contributed by atoms with Gasteiger partial charge in [-0.1, -0.05) is 54.6 Å². The van der Waals surface area contributed by atoms with Gasteiger partial charge in [-0.15, -0.1) is 0 Å². The van der Waals surface area contributed by atoms with E-state index < -0.39 is 48.3 Å². The van der Waals surface area contributed by atoms with Gasteiger partial charge in [0.2, 0.25) is 6.41 Å². The number of hydrogen-bond donors (Lipinski definition) is 1. The number of rotatable bonds is 9. The van der Waals surface area contributed by atoms with Crippen LogP contribution in [0.3, 0.4) is 0 Å². The third-order valence-electron chi connectivity index (χ3n) is 7.18. The van der Waals surface area contributed by atoms with Crippen molar-refractivity contribution in [3.63, 3.8) is 0 Å².